The van der Waals surface area contributed by atoms with Crippen molar-refractivity contribution in [3.63, 3.8) is 0 Å². The number of hydrogen-bond acceptors (Lipinski definition) is 0. The topological polar surface area (TPSA) is 19.9 Å². The van der Waals surface area contributed by atoms with Crippen molar-refractivity contribution in [1.29, 1.82) is 0 Å². The normalized spacial score (nSPS) is 11.1. The van der Waals surface area contributed by atoms with Crippen molar-refractivity contribution >= 4 is 6.08 Å². The molecule has 0 saturated carbocycles. The number of benzene rings is 1. The summed E-state index contributed by atoms with van der Waals surface area (Å²) in [7, 11) is 0. The monoisotopic (exact) mass is 175 g/mol. The molecule has 1 nitrogen and oxygen atoms in total. The molecule has 0 atom stereocenters. The summed E-state index contributed by atoms with van der Waals surface area (Å²) >= 11 is 0. The van der Waals surface area contributed by atoms with Gasteiger partial charge in [0.05, 0.1) is 0 Å². The molecule has 1 heteroatoms. The van der Waals surface area contributed by atoms with Crippen LogP contribution in [-0.2, 0) is 5.11 Å². The summed E-state index contributed by atoms with van der Waals surface area (Å²) in [5.41, 5.74) is 4.93. The predicted octanol–water partition coefficient (Wildman–Crippen LogP) is 3.06. The Kier molecular flexibility index (Phi) is 3.26. The summed E-state index contributed by atoms with van der Waals surface area (Å²) in [5, 5.41) is 10.3. The van der Waals surface area contributed by atoms with Crippen LogP contribution in [0.2, 0.25) is 0 Å². The average Bonchev–Trinajstić information content (AvgIpc) is 2.02. The van der Waals surface area contributed by atoms with E-state index in [9.17, 15) is 5.11 Å². The van der Waals surface area contributed by atoms with E-state index in [2.05, 4.69) is 32.9 Å². The standard InChI is InChI=1S/C12H15O/c1-9-7-10(2)12(5-4-6-13)11(3)8-9/h4-5,7-8H,6H2,1-3H3/b5-4+. The number of hydrogen-bond donors (Lipinski definition) is 0. The van der Waals surface area contributed by atoms with Gasteiger partial charge >= 0.3 is 0 Å². The molecule has 0 aliphatic heterocycles. The van der Waals surface area contributed by atoms with E-state index in [-0.39, 0.29) is 6.61 Å². The zero-order valence-corrected chi connectivity index (χ0v) is 8.42. The maximum Gasteiger partial charge on any atom is 0.101 e. The van der Waals surface area contributed by atoms with Crippen molar-refractivity contribution in [2.75, 3.05) is 6.61 Å². The minimum absolute atomic E-state index is 0.146. The lowest BCUT2D eigenvalue weighted by Gasteiger charge is -2.06. The van der Waals surface area contributed by atoms with E-state index < -0.39 is 0 Å². The molecule has 0 fully saturated rings. The van der Waals surface area contributed by atoms with Gasteiger partial charge in [0.15, 0.2) is 0 Å². The van der Waals surface area contributed by atoms with E-state index in [1.807, 2.05) is 6.08 Å². The van der Waals surface area contributed by atoms with E-state index in [1.54, 1.807) is 6.08 Å². The molecule has 1 rings (SSSR count). The summed E-state index contributed by atoms with van der Waals surface area (Å²) in [4.78, 5) is 0. The van der Waals surface area contributed by atoms with Gasteiger partial charge in [-0.25, -0.2) is 5.11 Å². The molecule has 0 bridgehead atoms. The van der Waals surface area contributed by atoms with Gasteiger partial charge < -0.3 is 0 Å². The van der Waals surface area contributed by atoms with Crippen LogP contribution in [0.25, 0.3) is 6.08 Å². The van der Waals surface area contributed by atoms with E-state index in [1.165, 1.54) is 22.3 Å². The molecule has 0 N–H and O–H groups in total. The van der Waals surface area contributed by atoms with Gasteiger partial charge in [-0.15, -0.1) is 0 Å². The first-order valence-electron chi connectivity index (χ1n) is 4.47. The Morgan fingerprint density at radius 2 is 1.69 bits per heavy atom. The van der Waals surface area contributed by atoms with Crippen molar-refractivity contribution in [3.8, 4) is 0 Å². The predicted molar refractivity (Wildman–Crippen MR) is 55.2 cm³/mol. The quantitative estimate of drug-likeness (QED) is 0.658. The van der Waals surface area contributed by atoms with Crippen molar-refractivity contribution in [2.45, 2.75) is 20.8 Å². The minimum Gasteiger partial charge on any atom is -0.232 e. The highest BCUT2D eigenvalue weighted by atomic mass is 16.2. The first-order chi connectivity index (χ1) is 6.15. The van der Waals surface area contributed by atoms with Crippen LogP contribution in [0.4, 0.5) is 0 Å². The zero-order valence-electron chi connectivity index (χ0n) is 8.42. The minimum atomic E-state index is -0.146. The highest BCUT2D eigenvalue weighted by Gasteiger charge is 1.99. The van der Waals surface area contributed by atoms with Crippen LogP contribution in [0.5, 0.6) is 0 Å². The molecular weight excluding hydrogens is 160 g/mol. The fraction of sp³-hybridized carbons (Fsp3) is 0.333. The van der Waals surface area contributed by atoms with Crippen molar-refractivity contribution in [2.24, 2.45) is 0 Å². The molecule has 0 saturated heterocycles. The van der Waals surface area contributed by atoms with E-state index in [0.717, 1.165) is 0 Å². The summed E-state index contributed by atoms with van der Waals surface area (Å²) in [6, 6.07) is 4.27. The average molecular weight is 175 g/mol. The van der Waals surface area contributed by atoms with Crippen LogP contribution < -0.4 is 0 Å². The Morgan fingerprint density at radius 1 is 1.15 bits per heavy atom. The Bertz CT molecular complexity index is 301. The van der Waals surface area contributed by atoms with Gasteiger partial charge in [-0.1, -0.05) is 29.8 Å². The van der Waals surface area contributed by atoms with Gasteiger partial charge in [-0.3, -0.25) is 0 Å². The summed E-state index contributed by atoms with van der Waals surface area (Å²) in [6.07, 6.45) is 3.57. The van der Waals surface area contributed by atoms with Crippen molar-refractivity contribution in [1.82, 2.24) is 0 Å². The lowest BCUT2D eigenvalue weighted by Crippen LogP contribution is -1.88. The Hall–Kier alpha value is -1.08. The van der Waals surface area contributed by atoms with Gasteiger partial charge in [-0.2, -0.15) is 0 Å². The Labute approximate surface area is 79.7 Å². The van der Waals surface area contributed by atoms with Gasteiger partial charge in [-0.05, 0) is 37.5 Å². The summed E-state index contributed by atoms with van der Waals surface area (Å²) < 4.78 is 0. The fourth-order valence-corrected chi connectivity index (χ4v) is 1.62. The molecule has 0 aromatic heterocycles. The molecule has 13 heavy (non-hydrogen) atoms. The number of rotatable bonds is 2. The molecule has 0 unspecified atom stereocenters. The fourth-order valence-electron chi connectivity index (χ4n) is 1.62. The third-order valence-corrected chi connectivity index (χ3v) is 2.12. The third kappa shape index (κ3) is 2.43. The second-order valence-electron chi connectivity index (χ2n) is 3.38. The zero-order chi connectivity index (χ0) is 9.84. The van der Waals surface area contributed by atoms with Crippen LogP contribution >= 0.6 is 0 Å². The SMILES string of the molecule is Cc1cc(C)c(/C=C/C[O])c(C)c1. The summed E-state index contributed by atoms with van der Waals surface area (Å²) in [6.45, 7) is 6.09. The van der Waals surface area contributed by atoms with Crippen LogP contribution in [0.3, 0.4) is 0 Å². The molecular formula is C12H15O. The van der Waals surface area contributed by atoms with Crippen LogP contribution in [0.15, 0.2) is 18.2 Å². The molecule has 1 aromatic carbocycles. The largest absolute Gasteiger partial charge is 0.232 e. The van der Waals surface area contributed by atoms with E-state index >= 15 is 0 Å². The lowest BCUT2D eigenvalue weighted by atomic mass is 9.99. The van der Waals surface area contributed by atoms with Gasteiger partial charge in [0.25, 0.3) is 0 Å². The lowest BCUT2D eigenvalue weighted by molar-refractivity contribution is 0.233. The molecule has 69 valence electrons. The van der Waals surface area contributed by atoms with Gasteiger partial charge in [0.2, 0.25) is 0 Å². The first-order valence-corrected chi connectivity index (χ1v) is 4.47. The Balaban J connectivity index is 3.13. The van der Waals surface area contributed by atoms with Gasteiger partial charge in [0, 0.05) is 0 Å². The first kappa shape index (κ1) is 10.0. The maximum absolute atomic E-state index is 10.3. The molecule has 1 aromatic rings. The molecule has 0 aliphatic carbocycles. The molecule has 0 aliphatic rings. The second kappa shape index (κ2) is 4.24. The van der Waals surface area contributed by atoms with Gasteiger partial charge in [0.1, 0.15) is 6.61 Å². The van der Waals surface area contributed by atoms with Crippen LogP contribution in [-0.4, -0.2) is 6.61 Å². The van der Waals surface area contributed by atoms with E-state index in [0.29, 0.717) is 0 Å². The van der Waals surface area contributed by atoms with Crippen LogP contribution in [0, 0.1) is 20.8 Å². The highest BCUT2D eigenvalue weighted by Crippen LogP contribution is 2.17. The number of aryl methyl sites for hydroxylation is 3. The van der Waals surface area contributed by atoms with Crippen LogP contribution in [0.1, 0.15) is 22.3 Å². The third-order valence-electron chi connectivity index (χ3n) is 2.12. The molecule has 0 amide bonds. The smallest absolute Gasteiger partial charge is 0.101 e. The maximum atomic E-state index is 10.3. The Morgan fingerprint density at radius 3 is 2.15 bits per heavy atom. The van der Waals surface area contributed by atoms with Crippen molar-refractivity contribution in [3.05, 3.63) is 40.5 Å². The second-order valence-corrected chi connectivity index (χ2v) is 3.38. The highest BCUT2D eigenvalue weighted by molar-refractivity contribution is 5.58. The van der Waals surface area contributed by atoms with E-state index in [4.69, 9.17) is 0 Å². The molecule has 0 spiro atoms. The summed E-state index contributed by atoms with van der Waals surface area (Å²) in [5.74, 6) is 0. The van der Waals surface area contributed by atoms with Crippen molar-refractivity contribution < 1.29 is 5.11 Å². The molecule has 1 radical (unpaired) electrons. The molecule has 0 heterocycles.